The lowest BCUT2D eigenvalue weighted by Crippen LogP contribution is -2.00. The van der Waals surface area contributed by atoms with Gasteiger partial charge in [-0.3, -0.25) is 0 Å². The van der Waals surface area contributed by atoms with Crippen LogP contribution in [-0.2, 0) is 0 Å². The van der Waals surface area contributed by atoms with Gasteiger partial charge in [0.25, 0.3) is 0 Å². The van der Waals surface area contributed by atoms with Crippen LogP contribution in [0.1, 0.15) is 39.1 Å². The Morgan fingerprint density at radius 1 is 0.556 bits per heavy atom. The third kappa shape index (κ3) is 4.12. The Kier molecular flexibility index (Phi) is 5.50. The van der Waals surface area contributed by atoms with Crippen LogP contribution in [0.5, 0.6) is 0 Å². The second kappa shape index (κ2) is 8.98. The summed E-state index contributed by atoms with van der Waals surface area (Å²) in [6.45, 7) is 6.36. The zero-order valence-corrected chi connectivity index (χ0v) is 20.8. The standard InChI is InChI=1S/C34H28N2/c1-22-8-14-25(15-9-22)30-20-31(26-16-10-23(2)11-17-26)35-33(30)21-32-28-6-4-5-7-29(28)34(36-32)27-18-12-24(3)13-19-27/h4-21,35H,1-3H3/b32-21-. The van der Waals surface area contributed by atoms with Crippen molar-refractivity contribution in [3.63, 3.8) is 0 Å². The highest BCUT2D eigenvalue weighted by molar-refractivity contribution is 6.21. The van der Waals surface area contributed by atoms with E-state index in [1.165, 1.54) is 38.9 Å². The number of aryl methyl sites for hydroxylation is 3. The van der Waals surface area contributed by atoms with Crippen molar-refractivity contribution < 1.29 is 0 Å². The Morgan fingerprint density at radius 2 is 1.08 bits per heavy atom. The van der Waals surface area contributed by atoms with Crippen molar-refractivity contribution in [3.8, 4) is 22.4 Å². The molecule has 2 heterocycles. The van der Waals surface area contributed by atoms with Gasteiger partial charge in [-0.25, -0.2) is 4.99 Å². The molecule has 174 valence electrons. The molecule has 0 amide bonds. The van der Waals surface area contributed by atoms with Crippen molar-refractivity contribution in [3.05, 3.63) is 142 Å². The molecule has 1 aliphatic rings. The summed E-state index contributed by atoms with van der Waals surface area (Å²) in [7, 11) is 0. The minimum Gasteiger partial charge on any atom is -0.354 e. The Balaban J connectivity index is 1.51. The molecule has 6 rings (SSSR count). The smallest absolute Gasteiger partial charge is 0.0788 e. The summed E-state index contributed by atoms with van der Waals surface area (Å²) in [6.07, 6.45) is 2.20. The van der Waals surface area contributed by atoms with E-state index in [9.17, 15) is 0 Å². The third-order valence-electron chi connectivity index (χ3n) is 6.87. The van der Waals surface area contributed by atoms with Crippen molar-refractivity contribution in [2.45, 2.75) is 20.8 Å². The van der Waals surface area contributed by atoms with Crippen LogP contribution in [-0.4, -0.2) is 10.7 Å². The van der Waals surface area contributed by atoms with Gasteiger partial charge in [-0.05, 0) is 44.0 Å². The summed E-state index contributed by atoms with van der Waals surface area (Å²) >= 11 is 0. The van der Waals surface area contributed by atoms with Crippen molar-refractivity contribution in [1.29, 1.82) is 0 Å². The number of hydrogen-bond acceptors (Lipinski definition) is 1. The van der Waals surface area contributed by atoms with E-state index in [-0.39, 0.29) is 0 Å². The molecule has 0 radical (unpaired) electrons. The highest BCUT2D eigenvalue weighted by atomic mass is 14.8. The quantitative estimate of drug-likeness (QED) is 0.276. The highest BCUT2D eigenvalue weighted by Crippen LogP contribution is 2.36. The number of H-pyrrole nitrogens is 1. The van der Waals surface area contributed by atoms with E-state index in [0.29, 0.717) is 0 Å². The normalized spacial score (nSPS) is 13.6. The summed E-state index contributed by atoms with van der Waals surface area (Å²) in [5.74, 6) is 0. The van der Waals surface area contributed by atoms with E-state index in [4.69, 9.17) is 4.99 Å². The second-order valence-electron chi connectivity index (χ2n) is 9.64. The van der Waals surface area contributed by atoms with Crippen LogP contribution in [0, 0.1) is 20.8 Å². The van der Waals surface area contributed by atoms with Crippen molar-refractivity contribution in [2.24, 2.45) is 4.99 Å². The number of nitrogens with one attached hydrogen (secondary N) is 1. The number of aliphatic imine (C=N–C) groups is 1. The second-order valence-corrected chi connectivity index (χ2v) is 9.64. The number of benzene rings is 4. The van der Waals surface area contributed by atoms with Gasteiger partial charge in [0.15, 0.2) is 0 Å². The average molecular weight is 465 g/mol. The van der Waals surface area contributed by atoms with Gasteiger partial charge < -0.3 is 4.98 Å². The van der Waals surface area contributed by atoms with Gasteiger partial charge in [-0.15, -0.1) is 0 Å². The SMILES string of the molecule is Cc1ccc(C2=N/C(=C\c3[nH]c(-c4ccc(C)cc4)cc3-c3ccc(C)cc3)c3ccccc32)cc1. The van der Waals surface area contributed by atoms with E-state index in [2.05, 4.69) is 135 Å². The topological polar surface area (TPSA) is 28.1 Å². The van der Waals surface area contributed by atoms with Crippen molar-refractivity contribution >= 4 is 17.5 Å². The summed E-state index contributed by atoms with van der Waals surface area (Å²) in [5.41, 5.74) is 15.0. The summed E-state index contributed by atoms with van der Waals surface area (Å²) in [5, 5.41) is 0. The maximum atomic E-state index is 5.15. The zero-order valence-electron chi connectivity index (χ0n) is 20.8. The molecule has 36 heavy (non-hydrogen) atoms. The molecule has 0 atom stereocenters. The van der Waals surface area contributed by atoms with Gasteiger partial charge in [-0.1, -0.05) is 114 Å². The zero-order chi connectivity index (χ0) is 24.6. The van der Waals surface area contributed by atoms with Crippen LogP contribution in [0.3, 0.4) is 0 Å². The first-order valence-electron chi connectivity index (χ1n) is 12.4. The summed E-state index contributed by atoms with van der Waals surface area (Å²) in [4.78, 5) is 8.86. The van der Waals surface area contributed by atoms with E-state index >= 15 is 0 Å². The van der Waals surface area contributed by atoms with Gasteiger partial charge in [0.1, 0.15) is 0 Å². The number of hydrogen-bond donors (Lipinski definition) is 1. The van der Waals surface area contributed by atoms with Crippen LogP contribution < -0.4 is 0 Å². The molecule has 0 aliphatic carbocycles. The van der Waals surface area contributed by atoms with E-state index in [0.717, 1.165) is 33.9 Å². The lowest BCUT2D eigenvalue weighted by atomic mass is 9.98. The molecule has 1 aliphatic heterocycles. The number of aromatic amines is 1. The fraction of sp³-hybridized carbons (Fsp3) is 0.0882. The monoisotopic (exact) mass is 464 g/mol. The van der Waals surface area contributed by atoms with Crippen molar-refractivity contribution in [1.82, 2.24) is 4.98 Å². The molecule has 0 saturated carbocycles. The molecule has 0 spiro atoms. The fourth-order valence-corrected chi connectivity index (χ4v) is 4.78. The van der Waals surface area contributed by atoms with E-state index in [1.807, 2.05) is 0 Å². The first kappa shape index (κ1) is 22.1. The molecule has 0 unspecified atom stereocenters. The molecule has 4 aromatic carbocycles. The van der Waals surface area contributed by atoms with Gasteiger partial charge in [-0.2, -0.15) is 0 Å². The van der Waals surface area contributed by atoms with E-state index in [1.54, 1.807) is 0 Å². The van der Waals surface area contributed by atoms with Gasteiger partial charge in [0.05, 0.1) is 11.4 Å². The molecular formula is C34H28N2. The maximum absolute atomic E-state index is 5.15. The molecule has 1 aromatic heterocycles. The minimum atomic E-state index is 0.979. The number of aromatic nitrogens is 1. The fourth-order valence-electron chi connectivity index (χ4n) is 4.78. The van der Waals surface area contributed by atoms with Crippen LogP contribution in [0.2, 0.25) is 0 Å². The van der Waals surface area contributed by atoms with Crippen LogP contribution in [0.25, 0.3) is 34.2 Å². The molecule has 5 aromatic rings. The molecule has 1 N–H and O–H groups in total. The summed E-state index contributed by atoms with van der Waals surface area (Å²) in [6, 6.07) is 36.8. The van der Waals surface area contributed by atoms with E-state index < -0.39 is 0 Å². The molecular weight excluding hydrogens is 436 g/mol. The number of nitrogens with zero attached hydrogens (tertiary/aromatic N) is 1. The lowest BCUT2D eigenvalue weighted by Gasteiger charge is -2.04. The molecule has 0 fully saturated rings. The largest absolute Gasteiger partial charge is 0.354 e. The van der Waals surface area contributed by atoms with Gasteiger partial charge in [0, 0.05) is 33.6 Å². The molecule has 0 bridgehead atoms. The van der Waals surface area contributed by atoms with Crippen LogP contribution in [0.15, 0.2) is 108 Å². The number of fused-ring (bicyclic) bond motifs is 1. The first-order valence-corrected chi connectivity index (χ1v) is 12.4. The Bertz CT molecular complexity index is 1610. The molecule has 0 saturated heterocycles. The van der Waals surface area contributed by atoms with Crippen LogP contribution >= 0.6 is 0 Å². The maximum Gasteiger partial charge on any atom is 0.0788 e. The Morgan fingerprint density at radius 3 is 1.69 bits per heavy atom. The highest BCUT2D eigenvalue weighted by Gasteiger charge is 2.22. The van der Waals surface area contributed by atoms with Gasteiger partial charge in [0.2, 0.25) is 0 Å². The average Bonchev–Trinajstić information content (AvgIpc) is 3.48. The molecule has 2 nitrogen and oxygen atoms in total. The van der Waals surface area contributed by atoms with Gasteiger partial charge >= 0.3 is 0 Å². The predicted molar refractivity (Wildman–Crippen MR) is 152 cm³/mol. The minimum absolute atomic E-state index is 0.979. The lowest BCUT2D eigenvalue weighted by molar-refractivity contribution is 1.36. The molecule has 2 heteroatoms. The predicted octanol–water partition coefficient (Wildman–Crippen LogP) is 8.62. The van der Waals surface area contributed by atoms with Crippen molar-refractivity contribution in [2.75, 3.05) is 0 Å². The number of rotatable bonds is 4. The summed E-state index contributed by atoms with van der Waals surface area (Å²) < 4.78 is 0. The first-order chi connectivity index (χ1) is 17.5. The Hall–Kier alpha value is -4.43. The Labute approximate surface area is 212 Å². The third-order valence-corrected chi connectivity index (χ3v) is 6.87. The van der Waals surface area contributed by atoms with Crippen LogP contribution in [0.4, 0.5) is 0 Å².